The Kier molecular flexibility index (Phi) is 3.24. The van der Waals surface area contributed by atoms with Crippen LogP contribution < -0.4 is 0 Å². The normalized spacial score (nSPS) is 13.8. The minimum absolute atomic E-state index is 0.246. The molecule has 18 heavy (non-hydrogen) atoms. The molecule has 0 unspecified atom stereocenters. The molecular formula is C10Br2Cl2O2S2. The molecule has 0 fully saturated rings. The van der Waals surface area contributed by atoms with E-state index in [1.54, 1.807) is 0 Å². The molecule has 0 bridgehead atoms. The van der Waals surface area contributed by atoms with E-state index < -0.39 is 0 Å². The SMILES string of the molecule is O=C1c2sc(Br)c(Cl)c2C(=O)c2sc(Br)c(Cl)c21. The number of hydrogen-bond acceptors (Lipinski definition) is 4. The van der Waals surface area contributed by atoms with Gasteiger partial charge in [-0.3, -0.25) is 9.59 Å². The number of ketones is 2. The predicted octanol–water partition coefficient (Wildman–Crippen LogP) is 5.42. The van der Waals surface area contributed by atoms with Gasteiger partial charge in [0.25, 0.3) is 0 Å². The van der Waals surface area contributed by atoms with Gasteiger partial charge in [0.15, 0.2) is 0 Å². The number of hydrogen-bond donors (Lipinski definition) is 0. The predicted molar refractivity (Wildman–Crippen MR) is 80.9 cm³/mol. The van der Waals surface area contributed by atoms with E-state index in [4.69, 9.17) is 23.2 Å². The van der Waals surface area contributed by atoms with Crippen LogP contribution in [-0.4, -0.2) is 11.6 Å². The topological polar surface area (TPSA) is 34.1 Å². The lowest BCUT2D eigenvalue weighted by molar-refractivity contribution is 0.0986. The van der Waals surface area contributed by atoms with Crippen LogP contribution in [0.2, 0.25) is 10.0 Å². The fourth-order valence-electron chi connectivity index (χ4n) is 1.72. The van der Waals surface area contributed by atoms with Crippen LogP contribution in [0.4, 0.5) is 0 Å². The van der Waals surface area contributed by atoms with E-state index in [2.05, 4.69) is 31.9 Å². The van der Waals surface area contributed by atoms with Crippen molar-refractivity contribution in [3.8, 4) is 0 Å². The molecule has 92 valence electrons. The zero-order valence-electron chi connectivity index (χ0n) is 8.14. The number of carbonyl (C=O) groups is 2. The van der Waals surface area contributed by atoms with Gasteiger partial charge in [0, 0.05) is 0 Å². The summed E-state index contributed by atoms with van der Waals surface area (Å²) >= 11 is 20.9. The fourth-order valence-corrected chi connectivity index (χ4v) is 5.52. The Hall–Kier alpha value is 0.280. The number of carbonyl (C=O) groups excluding carboxylic acids is 2. The summed E-state index contributed by atoms with van der Waals surface area (Å²) < 4.78 is 1.17. The van der Waals surface area contributed by atoms with E-state index in [0.29, 0.717) is 27.4 Å². The second-order valence-electron chi connectivity index (χ2n) is 3.45. The Morgan fingerprint density at radius 1 is 0.778 bits per heavy atom. The number of halogens is 4. The maximum Gasteiger partial charge on any atom is 0.206 e. The number of thiophene rings is 2. The van der Waals surface area contributed by atoms with Gasteiger partial charge in [-0.05, 0) is 31.9 Å². The first kappa shape index (κ1) is 13.3. The summed E-state index contributed by atoms with van der Waals surface area (Å²) in [7, 11) is 0. The molecule has 1 aliphatic rings. The van der Waals surface area contributed by atoms with Crippen molar-refractivity contribution in [1.82, 2.24) is 0 Å². The Morgan fingerprint density at radius 2 is 1.11 bits per heavy atom. The molecule has 0 amide bonds. The maximum absolute atomic E-state index is 12.3. The van der Waals surface area contributed by atoms with Crippen LogP contribution in [0, 0.1) is 0 Å². The summed E-state index contributed by atoms with van der Waals surface area (Å²) in [6.07, 6.45) is 0. The monoisotopic (exact) mass is 444 g/mol. The van der Waals surface area contributed by atoms with Gasteiger partial charge in [-0.25, -0.2) is 0 Å². The molecule has 0 radical (unpaired) electrons. The Bertz CT molecular complexity index is 671. The van der Waals surface area contributed by atoms with Gasteiger partial charge in [0.05, 0.1) is 38.5 Å². The van der Waals surface area contributed by atoms with Crippen molar-refractivity contribution in [2.24, 2.45) is 0 Å². The highest BCUT2D eigenvalue weighted by Crippen LogP contribution is 2.47. The van der Waals surface area contributed by atoms with Crippen molar-refractivity contribution in [2.45, 2.75) is 0 Å². The fraction of sp³-hybridized carbons (Fsp3) is 0. The lowest BCUT2D eigenvalue weighted by Gasteiger charge is -2.10. The Morgan fingerprint density at radius 3 is 1.44 bits per heavy atom. The van der Waals surface area contributed by atoms with Crippen molar-refractivity contribution < 1.29 is 9.59 Å². The first-order valence-corrected chi connectivity index (χ1v) is 8.46. The van der Waals surface area contributed by atoms with Crippen molar-refractivity contribution in [2.75, 3.05) is 0 Å². The third-order valence-electron chi connectivity index (χ3n) is 2.49. The highest BCUT2D eigenvalue weighted by Gasteiger charge is 2.38. The Balaban J connectivity index is 2.38. The molecule has 1 aliphatic carbocycles. The summed E-state index contributed by atoms with van der Waals surface area (Å²) in [4.78, 5) is 25.4. The van der Waals surface area contributed by atoms with E-state index >= 15 is 0 Å². The zero-order valence-corrected chi connectivity index (χ0v) is 14.5. The minimum atomic E-state index is -0.246. The summed E-state index contributed by atoms with van der Waals surface area (Å²) in [6, 6.07) is 0. The van der Waals surface area contributed by atoms with E-state index in [-0.39, 0.29) is 22.7 Å². The summed E-state index contributed by atoms with van der Waals surface area (Å²) in [5, 5.41) is 0.583. The van der Waals surface area contributed by atoms with Crippen molar-refractivity contribution in [3.63, 3.8) is 0 Å². The molecule has 0 atom stereocenters. The molecule has 0 saturated heterocycles. The van der Waals surface area contributed by atoms with Gasteiger partial charge in [-0.2, -0.15) is 0 Å². The molecule has 2 aromatic rings. The average Bonchev–Trinajstić information content (AvgIpc) is 2.78. The number of rotatable bonds is 0. The Labute approximate surface area is 136 Å². The molecule has 2 heterocycles. The van der Waals surface area contributed by atoms with Crippen LogP contribution in [0.15, 0.2) is 7.57 Å². The van der Waals surface area contributed by atoms with E-state index in [1.807, 2.05) is 0 Å². The van der Waals surface area contributed by atoms with Crippen LogP contribution in [0.25, 0.3) is 0 Å². The smallest absolute Gasteiger partial charge is 0.206 e. The van der Waals surface area contributed by atoms with Crippen LogP contribution in [0.3, 0.4) is 0 Å². The lowest BCUT2D eigenvalue weighted by atomic mass is 9.96. The van der Waals surface area contributed by atoms with E-state index in [9.17, 15) is 9.59 Å². The zero-order chi connectivity index (χ0) is 13.2. The molecule has 0 spiro atoms. The first-order chi connectivity index (χ1) is 8.43. The van der Waals surface area contributed by atoms with E-state index in [1.165, 1.54) is 0 Å². The number of fused-ring (bicyclic) bond motifs is 2. The van der Waals surface area contributed by atoms with Crippen LogP contribution in [0.1, 0.15) is 30.5 Å². The van der Waals surface area contributed by atoms with Crippen LogP contribution in [0.5, 0.6) is 0 Å². The van der Waals surface area contributed by atoms with Crippen LogP contribution >= 0.6 is 77.7 Å². The molecule has 0 N–H and O–H groups in total. The molecular weight excluding hydrogens is 447 g/mol. The summed E-state index contributed by atoms with van der Waals surface area (Å²) in [5.41, 5.74) is 0.549. The molecule has 3 rings (SSSR count). The van der Waals surface area contributed by atoms with Gasteiger partial charge in [0.1, 0.15) is 0 Å². The summed E-state index contributed by atoms with van der Waals surface area (Å²) in [5.74, 6) is -0.492. The molecule has 8 heteroatoms. The third-order valence-corrected chi connectivity index (χ3v) is 7.64. The molecule has 2 aromatic heterocycles. The highest BCUT2D eigenvalue weighted by molar-refractivity contribution is 9.11. The van der Waals surface area contributed by atoms with Gasteiger partial charge in [-0.15, -0.1) is 22.7 Å². The molecule has 0 aliphatic heterocycles. The maximum atomic E-state index is 12.3. The minimum Gasteiger partial charge on any atom is -0.288 e. The van der Waals surface area contributed by atoms with Gasteiger partial charge >= 0.3 is 0 Å². The van der Waals surface area contributed by atoms with Crippen molar-refractivity contribution in [3.05, 3.63) is 38.5 Å². The first-order valence-electron chi connectivity index (χ1n) is 4.48. The average molecular weight is 447 g/mol. The van der Waals surface area contributed by atoms with Crippen molar-refractivity contribution in [1.29, 1.82) is 0 Å². The van der Waals surface area contributed by atoms with E-state index in [0.717, 1.165) is 22.7 Å². The largest absolute Gasteiger partial charge is 0.288 e. The van der Waals surface area contributed by atoms with Gasteiger partial charge in [0.2, 0.25) is 11.6 Å². The van der Waals surface area contributed by atoms with Crippen molar-refractivity contribution >= 4 is 89.3 Å². The standard InChI is InChI=1S/C10Br2Cl2O2S2/c11-9-3(13)1-5(15)8-2(4(14)10(12)18-8)6(16)7(1)17-9. The van der Waals surface area contributed by atoms with Gasteiger partial charge in [-0.1, -0.05) is 23.2 Å². The van der Waals surface area contributed by atoms with Crippen LogP contribution in [-0.2, 0) is 0 Å². The quantitative estimate of drug-likeness (QED) is 0.462. The third kappa shape index (κ3) is 1.63. The summed E-state index contributed by atoms with van der Waals surface area (Å²) in [6.45, 7) is 0. The second kappa shape index (κ2) is 4.40. The molecule has 0 aromatic carbocycles. The lowest BCUT2D eigenvalue weighted by Crippen LogP contribution is -2.16. The second-order valence-corrected chi connectivity index (χ2v) is 8.88. The molecule has 0 saturated carbocycles. The molecule has 2 nitrogen and oxygen atoms in total. The highest BCUT2D eigenvalue weighted by atomic mass is 79.9. The van der Waals surface area contributed by atoms with Gasteiger partial charge < -0.3 is 0 Å².